The fraction of sp³-hybridized carbons (Fsp3) is 0.609. The fourth-order valence-corrected chi connectivity index (χ4v) is 7.24. The number of urea groups is 1. The molecule has 0 aromatic heterocycles. The molecule has 1 heterocycles. The molecule has 32 heavy (non-hydrogen) atoms. The number of benzene rings is 1. The zero-order valence-corrected chi connectivity index (χ0v) is 20.2. The minimum atomic E-state index is -3.94. The maximum atomic E-state index is 13.7. The van der Waals surface area contributed by atoms with Crippen LogP contribution in [0.4, 0.5) is 10.5 Å². The minimum absolute atomic E-state index is 0.0283. The SMILES string of the molecule is CC1=CCCC1NC(=O)Nc1ccc(Cl)c(S(=O)(=O)C2(C)CCN(C3CCC3)CC2)c1O. The average Bonchev–Trinajstić information content (AvgIpc) is 3.09. The van der Waals surface area contributed by atoms with E-state index in [0.29, 0.717) is 32.0 Å². The summed E-state index contributed by atoms with van der Waals surface area (Å²) in [5.74, 6) is -0.506. The molecule has 2 fully saturated rings. The molecule has 3 N–H and O–H groups in total. The highest BCUT2D eigenvalue weighted by Gasteiger charge is 2.46. The molecule has 0 spiro atoms. The van der Waals surface area contributed by atoms with Crippen molar-refractivity contribution in [3.05, 3.63) is 28.8 Å². The molecule has 0 bridgehead atoms. The Morgan fingerprint density at radius 3 is 2.47 bits per heavy atom. The number of halogens is 1. The van der Waals surface area contributed by atoms with Crippen LogP contribution in [0.2, 0.25) is 5.02 Å². The number of rotatable bonds is 5. The van der Waals surface area contributed by atoms with Crippen molar-refractivity contribution in [1.82, 2.24) is 10.2 Å². The second-order valence-corrected chi connectivity index (χ2v) is 12.3. The molecule has 7 nitrogen and oxygen atoms in total. The first-order valence-corrected chi connectivity index (χ1v) is 13.2. The van der Waals surface area contributed by atoms with Gasteiger partial charge in [-0.15, -0.1) is 0 Å². The highest BCUT2D eigenvalue weighted by Crippen LogP contribution is 2.45. The molecule has 1 aromatic rings. The number of phenolic OH excluding ortho intramolecular Hbond substituents is 1. The van der Waals surface area contributed by atoms with Crippen molar-refractivity contribution in [3.8, 4) is 5.75 Å². The van der Waals surface area contributed by atoms with Gasteiger partial charge in [-0.3, -0.25) is 0 Å². The van der Waals surface area contributed by atoms with Crippen molar-refractivity contribution in [1.29, 1.82) is 0 Å². The molecule has 0 radical (unpaired) electrons. The molecule has 2 aliphatic carbocycles. The lowest BCUT2D eigenvalue weighted by atomic mass is 9.88. The Bertz CT molecular complexity index is 1030. The second kappa shape index (κ2) is 8.88. The summed E-state index contributed by atoms with van der Waals surface area (Å²) in [5, 5.41) is 16.3. The molecule has 4 rings (SSSR count). The van der Waals surface area contributed by atoms with Crippen LogP contribution < -0.4 is 10.6 Å². The first kappa shape index (κ1) is 23.4. The van der Waals surface area contributed by atoms with E-state index in [9.17, 15) is 18.3 Å². The molecule has 9 heteroatoms. The van der Waals surface area contributed by atoms with Gasteiger partial charge in [-0.25, -0.2) is 13.2 Å². The van der Waals surface area contributed by atoms with E-state index in [-0.39, 0.29) is 21.6 Å². The van der Waals surface area contributed by atoms with Crippen molar-refractivity contribution in [3.63, 3.8) is 0 Å². The van der Waals surface area contributed by atoms with Crippen LogP contribution in [0.3, 0.4) is 0 Å². The number of hydrogen-bond acceptors (Lipinski definition) is 5. The number of amides is 2. The summed E-state index contributed by atoms with van der Waals surface area (Å²) in [6, 6.07) is 2.86. The first-order chi connectivity index (χ1) is 15.1. The number of anilines is 1. The number of phenols is 1. The third-order valence-electron chi connectivity index (χ3n) is 7.47. The van der Waals surface area contributed by atoms with Crippen molar-refractivity contribution < 1.29 is 18.3 Å². The number of allylic oxidation sites excluding steroid dienone is 1. The minimum Gasteiger partial charge on any atom is -0.504 e. The monoisotopic (exact) mass is 481 g/mol. The summed E-state index contributed by atoms with van der Waals surface area (Å²) in [6.07, 6.45) is 8.37. The molecule has 1 saturated heterocycles. The van der Waals surface area contributed by atoms with E-state index in [1.54, 1.807) is 6.92 Å². The van der Waals surface area contributed by atoms with Gasteiger partial charge in [-0.2, -0.15) is 0 Å². The average molecular weight is 482 g/mol. The fourth-order valence-electron chi connectivity index (χ4n) is 4.88. The summed E-state index contributed by atoms with van der Waals surface area (Å²) in [4.78, 5) is 14.5. The van der Waals surface area contributed by atoms with Gasteiger partial charge in [0.1, 0.15) is 4.90 Å². The van der Waals surface area contributed by atoms with E-state index in [1.807, 2.05) is 6.92 Å². The number of sulfone groups is 1. The van der Waals surface area contributed by atoms with Gasteiger partial charge in [0.25, 0.3) is 0 Å². The van der Waals surface area contributed by atoms with Crippen LogP contribution in [0.5, 0.6) is 5.75 Å². The maximum absolute atomic E-state index is 13.7. The van der Waals surface area contributed by atoms with Crippen LogP contribution >= 0.6 is 11.6 Å². The Morgan fingerprint density at radius 1 is 1.22 bits per heavy atom. The number of carbonyl (C=O) groups excluding carboxylic acids is 1. The van der Waals surface area contributed by atoms with Gasteiger partial charge in [0.2, 0.25) is 0 Å². The van der Waals surface area contributed by atoms with E-state index < -0.39 is 26.4 Å². The number of piperidine rings is 1. The van der Waals surface area contributed by atoms with Crippen molar-refractivity contribution >= 4 is 33.2 Å². The van der Waals surface area contributed by atoms with Crippen molar-refractivity contribution in [2.75, 3.05) is 18.4 Å². The Balaban J connectivity index is 1.53. The molecule has 3 aliphatic rings. The lowest BCUT2D eigenvalue weighted by Gasteiger charge is -2.45. The Kier molecular flexibility index (Phi) is 6.49. The van der Waals surface area contributed by atoms with Crippen LogP contribution in [-0.2, 0) is 9.84 Å². The molecule has 2 amide bonds. The zero-order chi connectivity index (χ0) is 23.1. The molecule has 176 valence electrons. The highest BCUT2D eigenvalue weighted by atomic mass is 35.5. The lowest BCUT2D eigenvalue weighted by Crippen LogP contribution is -2.51. The predicted octanol–water partition coefficient (Wildman–Crippen LogP) is 4.46. The van der Waals surface area contributed by atoms with Gasteiger partial charge in [0, 0.05) is 6.04 Å². The topological polar surface area (TPSA) is 98.7 Å². The molecule has 1 aliphatic heterocycles. The third-order valence-corrected chi connectivity index (χ3v) is 10.6. The van der Waals surface area contributed by atoms with Gasteiger partial charge in [0.05, 0.1) is 21.5 Å². The number of aromatic hydroxyl groups is 1. The van der Waals surface area contributed by atoms with E-state index in [2.05, 4.69) is 21.6 Å². The molecule has 1 atom stereocenters. The van der Waals surface area contributed by atoms with E-state index in [4.69, 9.17) is 11.6 Å². The van der Waals surface area contributed by atoms with Gasteiger partial charge in [-0.1, -0.05) is 29.7 Å². The Hall–Kier alpha value is -1.77. The standard InChI is InChI=1S/C23H32ClN3O4S/c1-15-5-3-8-18(15)25-22(29)26-19-10-9-17(24)21(20(19)28)32(30,31)23(2)11-13-27(14-12-23)16-6-4-7-16/h5,9-10,16,18,28H,3-4,6-8,11-14H2,1-2H3,(H2,25,26,29). The van der Waals surface area contributed by atoms with Crippen LogP contribution in [0, 0.1) is 0 Å². The van der Waals surface area contributed by atoms with Crippen LogP contribution in [0.15, 0.2) is 28.7 Å². The van der Waals surface area contributed by atoms with Crippen LogP contribution in [0.25, 0.3) is 0 Å². The largest absolute Gasteiger partial charge is 0.504 e. The van der Waals surface area contributed by atoms with Gasteiger partial charge in [0.15, 0.2) is 15.6 Å². The summed E-state index contributed by atoms with van der Waals surface area (Å²) < 4.78 is 26.3. The zero-order valence-electron chi connectivity index (χ0n) is 18.7. The van der Waals surface area contributed by atoms with E-state index in [0.717, 1.165) is 18.4 Å². The van der Waals surface area contributed by atoms with E-state index >= 15 is 0 Å². The van der Waals surface area contributed by atoms with Crippen LogP contribution in [-0.4, -0.2) is 54.4 Å². The van der Waals surface area contributed by atoms with E-state index in [1.165, 1.54) is 31.4 Å². The third kappa shape index (κ3) is 4.24. The molecular formula is C23H32ClN3O4S. The van der Waals surface area contributed by atoms with Gasteiger partial charge < -0.3 is 20.6 Å². The molecule has 1 unspecified atom stereocenters. The molecular weight excluding hydrogens is 450 g/mol. The van der Waals surface area contributed by atoms with Crippen molar-refractivity contribution in [2.24, 2.45) is 0 Å². The van der Waals surface area contributed by atoms with Crippen molar-refractivity contribution in [2.45, 2.75) is 80.5 Å². The number of hydrogen-bond donors (Lipinski definition) is 3. The van der Waals surface area contributed by atoms with Gasteiger partial charge >= 0.3 is 6.03 Å². The quantitative estimate of drug-likeness (QED) is 0.426. The normalized spacial score (nSPS) is 24.0. The summed E-state index contributed by atoms with van der Waals surface area (Å²) in [6.45, 7) is 5.12. The Labute approximate surface area is 195 Å². The smallest absolute Gasteiger partial charge is 0.319 e. The number of likely N-dealkylation sites (tertiary alicyclic amines) is 1. The van der Waals surface area contributed by atoms with Crippen LogP contribution in [0.1, 0.15) is 58.8 Å². The Morgan fingerprint density at radius 2 is 1.91 bits per heavy atom. The second-order valence-electron chi connectivity index (χ2n) is 9.52. The number of carbonyl (C=O) groups is 1. The number of nitrogens with one attached hydrogen (secondary N) is 2. The maximum Gasteiger partial charge on any atom is 0.319 e. The number of nitrogens with zero attached hydrogens (tertiary/aromatic N) is 1. The summed E-state index contributed by atoms with van der Waals surface area (Å²) >= 11 is 6.29. The summed E-state index contributed by atoms with van der Waals surface area (Å²) in [5.41, 5.74) is 1.12. The molecule has 1 saturated carbocycles. The lowest BCUT2D eigenvalue weighted by molar-refractivity contribution is 0.0932. The molecule has 1 aromatic carbocycles. The first-order valence-electron chi connectivity index (χ1n) is 11.4. The highest BCUT2D eigenvalue weighted by molar-refractivity contribution is 7.93. The summed E-state index contributed by atoms with van der Waals surface area (Å²) in [7, 11) is -3.94. The van der Waals surface area contributed by atoms with Gasteiger partial charge in [-0.05, 0) is 77.6 Å². The predicted molar refractivity (Wildman–Crippen MR) is 126 cm³/mol.